The van der Waals surface area contributed by atoms with Crippen LogP contribution in [0.5, 0.6) is 0 Å². The molecule has 1 fully saturated rings. The Hall–Kier alpha value is -1.64. The SMILES string of the molecule is OC1CCC(CC(O)(Cc2ccccc2)Cc2ccccc2)C1. The Bertz CT molecular complexity index is 552. The molecule has 2 unspecified atom stereocenters. The third-order valence-corrected chi connectivity index (χ3v) is 4.93. The van der Waals surface area contributed by atoms with Crippen molar-refractivity contribution in [1.82, 2.24) is 0 Å². The highest BCUT2D eigenvalue weighted by Gasteiger charge is 2.34. The lowest BCUT2D eigenvalue weighted by molar-refractivity contribution is 0.0148. The van der Waals surface area contributed by atoms with E-state index in [9.17, 15) is 10.2 Å². The molecule has 2 nitrogen and oxygen atoms in total. The first-order chi connectivity index (χ1) is 11.1. The van der Waals surface area contributed by atoms with Gasteiger partial charge in [-0.2, -0.15) is 0 Å². The molecular formula is C21H26O2. The first-order valence-electron chi connectivity index (χ1n) is 8.61. The first kappa shape index (κ1) is 16.2. The van der Waals surface area contributed by atoms with Gasteiger partial charge >= 0.3 is 0 Å². The van der Waals surface area contributed by atoms with Crippen molar-refractivity contribution in [2.75, 3.05) is 0 Å². The van der Waals surface area contributed by atoms with E-state index in [0.717, 1.165) is 25.7 Å². The zero-order valence-electron chi connectivity index (χ0n) is 13.6. The monoisotopic (exact) mass is 310 g/mol. The third-order valence-electron chi connectivity index (χ3n) is 4.93. The molecule has 2 atom stereocenters. The molecule has 0 bridgehead atoms. The van der Waals surface area contributed by atoms with Crippen LogP contribution in [-0.2, 0) is 12.8 Å². The topological polar surface area (TPSA) is 40.5 Å². The fourth-order valence-electron chi connectivity index (χ4n) is 3.93. The maximum absolute atomic E-state index is 11.4. The third kappa shape index (κ3) is 4.66. The van der Waals surface area contributed by atoms with Crippen molar-refractivity contribution in [3.8, 4) is 0 Å². The van der Waals surface area contributed by atoms with Crippen LogP contribution >= 0.6 is 0 Å². The van der Waals surface area contributed by atoms with Gasteiger partial charge in [0.15, 0.2) is 0 Å². The fourth-order valence-corrected chi connectivity index (χ4v) is 3.93. The molecule has 1 aliphatic carbocycles. The summed E-state index contributed by atoms with van der Waals surface area (Å²) in [6, 6.07) is 20.4. The molecule has 2 heteroatoms. The van der Waals surface area contributed by atoms with Gasteiger partial charge in [0.1, 0.15) is 0 Å². The van der Waals surface area contributed by atoms with Gasteiger partial charge in [-0.15, -0.1) is 0 Å². The van der Waals surface area contributed by atoms with Crippen LogP contribution in [-0.4, -0.2) is 21.9 Å². The van der Waals surface area contributed by atoms with Crippen molar-refractivity contribution in [2.24, 2.45) is 5.92 Å². The summed E-state index contributed by atoms with van der Waals surface area (Å²) in [5, 5.41) is 21.2. The Kier molecular flexibility index (Phi) is 5.14. The molecule has 23 heavy (non-hydrogen) atoms. The predicted molar refractivity (Wildman–Crippen MR) is 93.2 cm³/mol. The molecule has 0 radical (unpaired) electrons. The summed E-state index contributed by atoms with van der Waals surface area (Å²) >= 11 is 0. The van der Waals surface area contributed by atoms with Gasteiger partial charge in [0, 0.05) is 12.8 Å². The van der Waals surface area contributed by atoms with E-state index >= 15 is 0 Å². The van der Waals surface area contributed by atoms with Crippen molar-refractivity contribution < 1.29 is 10.2 Å². The Morgan fingerprint density at radius 3 is 1.78 bits per heavy atom. The van der Waals surface area contributed by atoms with Crippen LogP contribution in [0.15, 0.2) is 60.7 Å². The largest absolute Gasteiger partial charge is 0.393 e. The van der Waals surface area contributed by atoms with E-state index in [1.54, 1.807) is 0 Å². The van der Waals surface area contributed by atoms with Gasteiger partial charge in [0.2, 0.25) is 0 Å². The lowest BCUT2D eigenvalue weighted by Gasteiger charge is -2.31. The van der Waals surface area contributed by atoms with Crippen molar-refractivity contribution in [3.05, 3.63) is 71.8 Å². The number of rotatable bonds is 6. The molecule has 0 aromatic heterocycles. The molecule has 0 heterocycles. The smallest absolute Gasteiger partial charge is 0.0730 e. The van der Waals surface area contributed by atoms with Crippen LogP contribution in [0.2, 0.25) is 0 Å². The lowest BCUT2D eigenvalue weighted by atomic mass is 9.80. The Balaban J connectivity index is 1.76. The molecule has 2 N–H and O–H groups in total. The van der Waals surface area contributed by atoms with E-state index in [1.807, 2.05) is 36.4 Å². The fraction of sp³-hybridized carbons (Fsp3) is 0.429. The van der Waals surface area contributed by atoms with Crippen LogP contribution in [0.4, 0.5) is 0 Å². The van der Waals surface area contributed by atoms with Gasteiger partial charge < -0.3 is 10.2 Å². The average Bonchev–Trinajstić information content (AvgIpc) is 2.93. The van der Waals surface area contributed by atoms with E-state index in [-0.39, 0.29) is 6.10 Å². The number of aliphatic hydroxyl groups is 2. The van der Waals surface area contributed by atoms with E-state index < -0.39 is 5.60 Å². The van der Waals surface area contributed by atoms with E-state index in [0.29, 0.717) is 18.8 Å². The Morgan fingerprint density at radius 1 is 0.826 bits per heavy atom. The maximum Gasteiger partial charge on any atom is 0.0730 e. The molecule has 122 valence electrons. The zero-order chi connectivity index (χ0) is 16.1. The van der Waals surface area contributed by atoms with Gasteiger partial charge in [-0.1, -0.05) is 60.7 Å². The Morgan fingerprint density at radius 2 is 1.35 bits per heavy atom. The van der Waals surface area contributed by atoms with Crippen LogP contribution in [0.3, 0.4) is 0 Å². The second-order valence-corrected chi connectivity index (χ2v) is 7.09. The van der Waals surface area contributed by atoms with Gasteiger partial charge in [-0.25, -0.2) is 0 Å². The second-order valence-electron chi connectivity index (χ2n) is 7.09. The molecule has 0 amide bonds. The molecular weight excluding hydrogens is 284 g/mol. The number of hydrogen-bond acceptors (Lipinski definition) is 2. The molecule has 0 aliphatic heterocycles. The van der Waals surface area contributed by atoms with Gasteiger partial charge in [0.25, 0.3) is 0 Å². The summed E-state index contributed by atoms with van der Waals surface area (Å²) in [5.74, 6) is 0.419. The minimum atomic E-state index is -0.753. The highest BCUT2D eigenvalue weighted by Crippen LogP contribution is 2.35. The average molecular weight is 310 g/mol. The normalized spacial score (nSPS) is 21.5. The minimum absolute atomic E-state index is 0.183. The molecule has 0 spiro atoms. The van der Waals surface area contributed by atoms with Crippen molar-refractivity contribution in [3.63, 3.8) is 0 Å². The first-order valence-corrected chi connectivity index (χ1v) is 8.61. The van der Waals surface area contributed by atoms with Crippen LogP contribution < -0.4 is 0 Å². The van der Waals surface area contributed by atoms with E-state index in [1.165, 1.54) is 11.1 Å². The second kappa shape index (κ2) is 7.29. The summed E-state index contributed by atoms with van der Waals surface area (Å²) in [6.45, 7) is 0. The summed E-state index contributed by atoms with van der Waals surface area (Å²) in [7, 11) is 0. The molecule has 2 aromatic rings. The maximum atomic E-state index is 11.4. The summed E-state index contributed by atoms with van der Waals surface area (Å²) in [5.41, 5.74) is 1.59. The van der Waals surface area contributed by atoms with Gasteiger partial charge in [-0.05, 0) is 42.7 Å². The van der Waals surface area contributed by atoms with E-state index in [4.69, 9.17) is 0 Å². The number of aliphatic hydroxyl groups excluding tert-OH is 1. The predicted octanol–water partition coefficient (Wildman–Crippen LogP) is 3.75. The van der Waals surface area contributed by atoms with E-state index in [2.05, 4.69) is 24.3 Å². The molecule has 2 aromatic carbocycles. The van der Waals surface area contributed by atoms with Crippen LogP contribution in [0.1, 0.15) is 36.8 Å². The molecule has 3 rings (SSSR count). The molecule has 1 saturated carbocycles. The summed E-state index contributed by atoms with van der Waals surface area (Å²) < 4.78 is 0. The van der Waals surface area contributed by atoms with Crippen molar-refractivity contribution in [2.45, 2.75) is 50.2 Å². The van der Waals surface area contributed by atoms with Crippen molar-refractivity contribution in [1.29, 1.82) is 0 Å². The van der Waals surface area contributed by atoms with Gasteiger partial charge in [-0.3, -0.25) is 0 Å². The standard InChI is InChI=1S/C21H26O2/c22-20-12-11-19(13-20)16-21(23,14-17-7-3-1-4-8-17)15-18-9-5-2-6-10-18/h1-10,19-20,22-23H,11-16H2. The highest BCUT2D eigenvalue weighted by molar-refractivity contribution is 5.21. The summed E-state index contributed by atoms with van der Waals surface area (Å²) in [4.78, 5) is 0. The molecule has 0 saturated heterocycles. The highest BCUT2D eigenvalue weighted by atomic mass is 16.3. The lowest BCUT2D eigenvalue weighted by Crippen LogP contribution is -2.36. The summed E-state index contributed by atoms with van der Waals surface area (Å²) in [6.07, 6.45) is 4.62. The zero-order valence-corrected chi connectivity index (χ0v) is 13.6. The van der Waals surface area contributed by atoms with Crippen LogP contribution in [0, 0.1) is 5.92 Å². The van der Waals surface area contributed by atoms with Gasteiger partial charge in [0.05, 0.1) is 11.7 Å². The van der Waals surface area contributed by atoms with Crippen LogP contribution in [0.25, 0.3) is 0 Å². The Labute approximate surface area is 138 Å². The quantitative estimate of drug-likeness (QED) is 0.853. The number of benzene rings is 2. The van der Waals surface area contributed by atoms with Crippen molar-refractivity contribution >= 4 is 0 Å². The minimum Gasteiger partial charge on any atom is -0.393 e. The number of hydrogen-bond donors (Lipinski definition) is 2. The molecule has 1 aliphatic rings.